The van der Waals surface area contributed by atoms with Crippen LogP contribution in [0.5, 0.6) is 11.5 Å². The number of hydrogen-bond acceptors (Lipinski definition) is 5. The predicted octanol–water partition coefficient (Wildman–Crippen LogP) is 4.80. The van der Waals surface area contributed by atoms with Gasteiger partial charge in [0, 0.05) is 13.5 Å². The van der Waals surface area contributed by atoms with Crippen LogP contribution in [-0.4, -0.2) is 17.8 Å². The number of hydrogen-bond donors (Lipinski definition) is 1. The second kappa shape index (κ2) is 11.1. The molecule has 6 nitrogen and oxygen atoms in total. The number of nitrogens with one attached hydrogen (secondary N) is 1. The number of aryl methyl sites for hydroxylation is 2. The van der Waals surface area contributed by atoms with E-state index in [1.54, 1.807) is 42.5 Å². The molecule has 0 spiro atoms. The lowest BCUT2D eigenvalue weighted by Gasteiger charge is -2.13. The number of ether oxygens (including phenoxy) is 2. The van der Waals surface area contributed by atoms with E-state index in [1.165, 1.54) is 6.92 Å². The van der Waals surface area contributed by atoms with Gasteiger partial charge in [-0.2, -0.15) is 0 Å². The van der Waals surface area contributed by atoms with E-state index in [9.17, 15) is 14.4 Å². The van der Waals surface area contributed by atoms with Crippen LogP contribution in [0.3, 0.4) is 0 Å². The number of rotatable bonds is 6. The first-order valence-electron chi connectivity index (χ1n) is 9.77. The number of esters is 2. The van der Waals surface area contributed by atoms with Crippen molar-refractivity contribution in [3.05, 3.63) is 94.5 Å². The summed E-state index contributed by atoms with van der Waals surface area (Å²) < 4.78 is 11.1. The quantitative estimate of drug-likeness (QED) is 0.428. The second-order valence-corrected chi connectivity index (χ2v) is 7.20. The maximum Gasteiger partial charge on any atom is 0.343 e. The molecule has 0 aliphatic carbocycles. The van der Waals surface area contributed by atoms with E-state index in [4.69, 9.17) is 9.47 Å². The number of benzene rings is 3. The van der Waals surface area contributed by atoms with Gasteiger partial charge in [-0.05, 0) is 55.8 Å². The minimum atomic E-state index is -0.579. The minimum absolute atomic E-state index is 0. The van der Waals surface area contributed by atoms with Gasteiger partial charge in [0.15, 0.2) is 11.5 Å². The Bertz CT molecular complexity index is 1110. The van der Waals surface area contributed by atoms with Crippen molar-refractivity contribution in [3.8, 4) is 11.5 Å². The van der Waals surface area contributed by atoms with Gasteiger partial charge in [0.1, 0.15) is 0 Å². The van der Waals surface area contributed by atoms with Crippen molar-refractivity contribution in [2.75, 3.05) is 0 Å². The van der Waals surface area contributed by atoms with Crippen molar-refractivity contribution in [1.29, 1.82) is 0 Å². The molecule has 0 aromatic heterocycles. The zero-order valence-electron chi connectivity index (χ0n) is 18.0. The molecule has 1 amide bonds. The summed E-state index contributed by atoms with van der Waals surface area (Å²) in [5.74, 6) is -1.13. The van der Waals surface area contributed by atoms with Crippen LogP contribution >= 0.6 is 12.4 Å². The molecular formula is C25H24ClNO5. The molecule has 0 heterocycles. The highest BCUT2D eigenvalue weighted by molar-refractivity contribution is 5.93. The maximum atomic E-state index is 12.6. The summed E-state index contributed by atoms with van der Waals surface area (Å²) in [7, 11) is 0. The molecule has 0 aliphatic heterocycles. The first-order valence-corrected chi connectivity index (χ1v) is 9.77. The fourth-order valence-corrected chi connectivity index (χ4v) is 2.75. The number of amides is 1. The van der Waals surface area contributed by atoms with Gasteiger partial charge in [-0.3, -0.25) is 4.79 Å². The second-order valence-electron chi connectivity index (χ2n) is 7.20. The largest absolute Gasteiger partial charge is 0.419 e. The van der Waals surface area contributed by atoms with Crippen LogP contribution in [0, 0.1) is 13.8 Å². The first kappa shape index (κ1) is 24.6. The zero-order valence-corrected chi connectivity index (χ0v) is 18.8. The highest BCUT2D eigenvalue weighted by Gasteiger charge is 2.17. The highest BCUT2D eigenvalue weighted by Crippen LogP contribution is 2.30. The number of carbonyl (C=O) groups is 3. The average molecular weight is 454 g/mol. The summed E-state index contributed by atoms with van der Waals surface area (Å²) >= 11 is 0. The third-order valence-corrected chi connectivity index (χ3v) is 4.53. The lowest BCUT2D eigenvalue weighted by molar-refractivity contribution is -0.119. The van der Waals surface area contributed by atoms with E-state index in [0.29, 0.717) is 16.7 Å². The van der Waals surface area contributed by atoms with Crippen molar-refractivity contribution in [2.24, 2.45) is 0 Å². The molecule has 0 unspecified atom stereocenters. The smallest absolute Gasteiger partial charge is 0.343 e. The van der Waals surface area contributed by atoms with E-state index in [2.05, 4.69) is 5.32 Å². The van der Waals surface area contributed by atoms with Crippen molar-refractivity contribution in [1.82, 2.24) is 5.32 Å². The molecule has 0 saturated carbocycles. The third kappa shape index (κ3) is 6.68. The van der Waals surface area contributed by atoms with Crippen molar-refractivity contribution in [3.63, 3.8) is 0 Å². The van der Waals surface area contributed by atoms with Gasteiger partial charge in [0.2, 0.25) is 5.91 Å². The Morgan fingerprint density at radius 3 is 1.66 bits per heavy atom. The standard InChI is InChI=1S/C25H23NO5.ClH/c1-16-4-9-20(10-5-16)24(28)30-22-13-8-19(15-26-18(3)27)14-23(22)31-25(29)21-11-6-17(2)7-12-21;/h4-14H,15H2,1-3H3,(H,26,27);1H. The molecule has 1 N–H and O–H groups in total. The molecule has 32 heavy (non-hydrogen) atoms. The highest BCUT2D eigenvalue weighted by atomic mass is 35.5. The molecule has 0 radical (unpaired) electrons. The molecular weight excluding hydrogens is 430 g/mol. The van der Waals surface area contributed by atoms with Crippen LogP contribution < -0.4 is 14.8 Å². The Morgan fingerprint density at radius 2 is 1.19 bits per heavy atom. The molecule has 7 heteroatoms. The Morgan fingerprint density at radius 1 is 0.719 bits per heavy atom. The third-order valence-electron chi connectivity index (χ3n) is 4.53. The summed E-state index contributed by atoms with van der Waals surface area (Å²) in [5.41, 5.74) is 3.47. The van der Waals surface area contributed by atoms with E-state index < -0.39 is 11.9 Å². The van der Waals surface area contributed by atoms with Gasteiger partial charge in [0.05, 0.1) is 11.1 Å². The fraction of sp³-hybridized carbons (Fsp3) is 0.160. The van der Waals surface area contributed by atoms with Gasteiger partial charge in [-0.15, -0.1) is 12.4 Å². The lowest BCUT2D eigenvalue weighted by Crippen LogP contribution is -2.19. The summed E-state index contributed by atoms with van der Waals surface area (Å²) in [5, 5.41) is 2.68. The Labute approximate surface area is 193 Å². The molecule has 0 aliphatic rings. The maximum absolute atomic E-state index is 12.6. The van der Waals surface area contributed by atoms with Crippen LogP contribution in [0.15, 0.2) is 66.7 Å². The number of carbonyl (C=O) groups excluding carboxylic acids is 3. The molecule has 166 valence electrons. The van der Waals surface area contributed by atoms with E-state index >= 15 is 0 Å². The lowest BCUT2D eigenvalue weighted by atomic mass is 10.1. The molecule has 3 rings (SSSR count). The average Bonchev–Trinajstić information content (AvgIpc) is 2.74. The SMILES string of the molecule is CC(=O)NCc1ccc(OC(=O)c2ccc(C)cc2)c(OC(=O)c2ccc(C)cc2)c1.Cl. The summed E-state index contributed by atoms with van der Waals surface area (Å²) in [6.07, 6.45) is 0. The molecule has 3 aromatic carbocycles. The summed E-state index contributed by atoms with van der Waals surface area (Å²) in [6.45, 7) is 5.50. The Kier molecular flexibility index (Phi) is 8.55. The first-order chi connectivity index (χ1) is 14.8. The molecule has 0 bridgehead atoms. The Balaban J connectivity index is 0.00000363. The monoisotopic (exact) mass is 453 g/mol. The van der Waals surface area contributed by atoms with Crippen LogP contribution in [-0.2, 0) is 11.3 Å². The fourth-order valence-electron chi connectivity index (χ4n) is 2.75. The minimum Gasteiger partial charge on any atom is -0.419 e. The molecule has 0 saturated heterocycles. The van der Waals surface area contributed by atoms with E-state index in [-0.39, 0.29) is 36.4 Å². The predicted molar refractivity (Wildman–Crippen MR) is 123 cm³/mol. The molecule has 0 atom stereocenters. The number of halogens is 1. The van der Waals surface area contributed by atoms with Gasteiger partial charge in [-0.25, -0.2) is 9.59 Å². The van der Waals surface area contributed by atoms with Gasteiger partial charge < -0.3 is 14.8 Å². The van der Waals surface area contributed by atoms with Gasteiger partial charge in [-0.1, -0.05) is 41.5 Å². The van der Waals surface area contributed by atoms with Crippen LogP contribution in [0.25, 0.3) is 0 Å². The van der Waals surface area contributed by atoms with E-state index in [0.717, 1.165) is 11.1 Å². The molecule has 3 aromatic rings. The normalized spacial score (nSPS) is 9.97. The van der Waals surface area contributed by atoms with E-state index in [1.807, 2.05) is 38.1 Å². The van der Waals surface area contributed by atoms with Gasteiger partial charge >= 0.3 is 11.9 Å². The Hall–Kier alpha value is -3.64. The van der Waals surface area contributed by atoms with Crippen LogP contribution in [0.1, 0.15) is 44.3 Å². The summed E-state index contributed by atoms with van der Waals surface area (Å²) in [4.78, 5) is 36.4. The van der Waals surface area contributed by atoms with Crippen molar-refractivity contribution < 1.29 is 23.9 Å². The van der Waals surface area contributed by atoms with Crippen molar-refractivity contribution in [2.45, 2.75) is 27.3 Å². The molecule has 0 fully saturated rings. The summed E-state index contributed by atoms with van der Waals surface area (Å²) in [6, 6.07) is 18.7. The zero-order chi connectivity index (χ0) is 22.4. The van der Waals surface area contributed by atoms with Crippen LogP contribution in [0.2, 0.25) is 0 Å². The topological polar surface area (TPSA) is 81.7 Å². The van der Waals surface area contributed by atoms with Crippen LogP contribution in [0.4, 0.5) is 0 Å². The van der Waals surface area contributed by atoms with Gasteiger partial charge in [0.25, 0.3) is 0 Å². The van der Waals surface area contributed by atoms with Crippen molar-refractivity contribution >= 4 is 30.3 Å².